The maximum Gasteiger partial charge on any atom is 0.407 e. The van der Waals surface area contributed by atoms with E-state index in [-0.39, 0.29) is 0 Å². The Morgan fingerprint density at radius 1 is 1.14 bits per heavy atom. The van der Waals surface area contributed by atoms with Crippen molar-refractivity contribution in [2.45, 2.75) is 83.6 Å². The molecule has 128 valence electrons. The van der Waals surface area contributed by atoms with Gasteiger partial charge in [0.25, 0.3) is 0 Å². The summed E-state index contributed by atoms with van der Waals surface area (Å²) in [5, 5.41) is 11.8. The Bertz CT molecular complexity index is 327. The summed E-state index contributed by atoms with van der Waals surface area (Å²) in [6.07, 6.45) is 11.0. The molecular formula is C17H31NO4. The molecular weight excluding hydrogens is 282 g/mol. The van der Waals surface area contributed by atoms with Crippen molar-refractivity contribution in [3.05, 3.63) is 0 Å². The van der Waals surface area contributed by atoms with Crippen LogP contribution in [0.1, 0.15) is 77.6 Å². The van der Waals surface area contributed by atoms with Gasteiger partial charge in [0.1, 0.15) is 6.04 Å². The fraction of sp³-hybridized carbons (Fsp3) is 0.882. The van der Waals surface area contributed by atoms with Crippen molar-refractivity contribution in [1.29, 1.82) is 0 Å². The van der Waals surface area contributed by atoms with E-state index in [4.69, 9.17) is 4.74 Å². The van der Waals surface area contributed by atoms with Gasteiger partial charge in [0.15, 0.2) is 0 Å². The number of amides is 1. The molecule has 1 fully saturated rings. The molecule has 1 saturated carbocycles. The lowest BCUT2D eigenvalue weighted by molar-refractivity contribution is -0.139. The number of alkyl carbamates (subject to hydrolysis) is 1. The molecule has 22 heavy (non-hydrogen) atoms. The first-order valence-corrected chi connectivity index (χ1v) is 8.79. The van der Waals surface area contributed by atoms with Gasteiger partial charge >= 0.3 is 12.1 Å². The summed E-state index contributed by atoms with van der Waals surface area (Å²) in [5.41, 5.74) is 0. The van der Waals surface area contributed by atoms with Gasteiger partial charge in [-0.25, -0.2) is 9.59 Å². The van der Waals surface area contributed by atoms with E-state index in [1.807, 2.05) is 0 Å². The minimum atomic E-state index is -0.967. The highest BCUT2D eigenvalue weighted by Gasteiger charge is 2.25. The Balaban J connectivity index is 2.21. The maximum atomic E-state index is 11.7. The van der Waals surface area contributed by atoms with Crippen LogP contribution < -0.4 is 5.32 Å². The molecule has 0 unspecified atom stereocenters. The molecule has 5 heteroatoms. The minimum Gasteiger partial charge on any atom is -0.480 e. The number of carboxylic acids is 1. The summed E-state index contributed by atoms with van der Waals surface area (Å²) in [6.45, 7) is 2.52. The molecule has 0 heterocycles. The number of rotatable bonds is 10. The molecule has 0 saturated heterocycles. The Labute approximate surface area is 133 Å². The monoisotopic (exact) mass is 313 g/mol. The SMILES string of the molecule is CCCCCCCOC(=O)N[C@@H](CC1CCCCC1)C(=O)O. The van der Waals surface area contributed by atoms with Crippen LogP contribution in [-0.2, 0) is 9.53 Å². The molecule has 0 aromatic heterocycles. The number of hydrogen-bond acceptors (Lipinski definition) is 3. The van der Waals surface area contributed by atoms with Crippen molar-refractivity contribution < 1.29 is 19.4 Å². The van der Waals surface area contributed by atoms with Crippen LogP contribution in [0.5, 0.6) is 0 Å². The summed E-state index contributed by atoms with van der Waals surface area (Å²) in [6, 6.07) is -0.823. The third-order valence-electron chi connectivity index (χ3n) is 4.37. The van der Waals surface area contributed by atoms with Crippen LogP contribution in [0.2, 0.25) is 0 Å². The Morgan fingerprint density at radius 3 is 2.45 bits per heavy atom. The molecule has 5 nitrogen and oxygen atoms in total. The second-order valence-corrected chi connectivity index (χ2v) is 6.33. The first kappa shape index (κ1) is 18.8. The molecule has 0 spiro atoms. The zero-order valence-electron chi connectivity index (χ0n) is 13.8. The van der Waals surface area contributed by atoms with Gasteiger partial charge in [0.05, 0.1) is 6.61 Å². The standard InChI is InChI=1S/C17H31NO4/c1-2-3-4-5-9-12-22-17(21)18-15(16(19)20)13-14-10-7-6-8-11-14/h14-15H,2-13H2,1H3,(H,18,21)(H,19,20)/t15-/m0/s1. The van der Waals surface area contributed by atoms with Gasteiger partial charge in [0.2, 0.25) is 0 Å². The number of hydrogen-bond donors (Lipinski definition) is 2. The fourth-order valence-electron chi connectivity index (χ4n) is 3.03. The molecule has 1 aliphatic carbocycles. The molecule has 0 radical (unpaired) electrons. The first-order chi connectivity index (χ1) is 10.6. The molecule has 1 amide bonds. The van der Waals surface area contributed by atoms with E-state index in [9.17, 15) is 14.7 Å². The first-order valence-electron chi connectivity index (χ1n) is 8.79. The normalized spacial score (nSPS) is 17.0. The number of aliphatic carboxylic acids is 1. The van der Waals surface area contributed by atoms with Crippen molar-refractivity contribution in [3.63, 3.8) is 0 Å². The van der Waals surface area contributed by atoms with E-state index in [2.05, 4.69) is 12.2 Å². The molecule has 1 aliphatic rings. The van der Waals surface area contributed by atoms with Gasteiger partial charge in [-0.15, -0.1) is 0 Å². The zero-order valence-corrected chi connectivity index (χ0v) is 13.8. The van der Waals surface area contributed by atoms with E-state index in [0.29, 0.717) is 18.9 Å². The lowest BCUT2D eigenvalue weighted by Gasteiger charge is -2.24. The number of nitrogens with one attached hydrogen (secondary N) is 1. The predicted molar refractivity (Wildman–Crippen MR) is 85.9 cm³/mol. The van der Waals surface area contributed by atoms with E-state index in [0.717, 1.165) is 32.1 Å². The third kappa shape index (κ3) is 8.25. The number of carboxylic acid groups (broad SMARTS) is 1. The van der Waals surface area contributed by atoms with Gasteiger partial charge in [-0.05, 0) is 18.8 Å². The highest BCUT2D eigenvalue weighted by Crippen LogP contribution is 2.27. The average molecular weight is 313 g/mol. The lowest BCUT2D eigenvalue weighted by Crippen LogP contribution is -2.42. The van der Waals surface area contributed by atoms with Crippen LogP contribution in [0.3, 0.4) is 0 Å². The Morgan fingerprint density at radius 2 is 1.82 bits per heavy atom. The van der Waals surface area contributed by atoms with E-state index in [1.54, 1.807) is 0 Å². The van der Waals surface area contributed by atoms with E-state index in [1.165, 1.54) is 32.1 Å². The van der Waals surface area contributed by atoms with Crippen molar-refractivity contribution in [3.8, 4) is 0 Å². The third-order valence-corrected chi connectivity index (χ3v) is 4.37. The van der Waals surface area contributed by atoms with Gasteiger partial charge < -0.3 is 15.2 Å². The van der Waals surface area contributed by atoms with Crippen LogP contribution in [0.25, 0.3) is 0 Å². The largest absolute Gasteiger partial charge is 0.480 e. The van der Waals surface area contributed by atoms with Crippen LogP contribution in [0, 0.1) is 5.92 Å². The van der Waals surface area contributed by atoms with Crippen molar-refractivity contribution in [1.82, 2.24) is 5.32 Å². The van der Waals surface area contributed by atoms with E-state index >= 15 is 0 Å². The second kappa shape index (κ2) is 11.3. The van der Waals surface area contributed by atoms with Gasteiger partial charge in [-0.2, -0.15) is 0 Å². The van der Waals surface area contributed by atoms with Crippen LogP contribution in [0.15, 0.2) is 0 Å². The highest BCUT2D eigenvalue weighted by molar-refractivity contribution is 5.79. The number of carbonyl (C=O) groups excluding carboxylic acids is 1. The Hall–Kier alpha value is -1.26. The summed E-state index contributed by atoms with van der Waals surface area (Å²) in [7, 11) is 0. The summed E-state index contributed by atoms with van der Waals surface area (Å²) in [4.78, 5) is 23.0. The van der Waals surface area contributed by atoms with Gasteiger partial charge in [-0.1, -0.05) is 64.7 Å². The van der Waals surface area contributed by atoms with E-state index < -0.39 is 18.1 Å². The second-order valence-electron chi connectivity index (χ2n) is 6.33. The molecule has 0 aromatic rings. The zero-order chi connectivity index (χ0) is 16.2. The minimum absolute atomic E-state index is 0.366. The van der Waals surface area contributed by atoms with Gasteiger partial charge in [-0.3, -0.25) is 0 Å². The molecule has 0 aliphatic heterocycles. The van der Waals surface area contributed by atoms with Gasteiger partial charge in [0, 0.05) is 0 Å². The van der Waals surface area contributed by atoms with Crippen molar-refractivity contribution in [2.24, 2.45) is 5.92 Å². The molecule has 0 aromatic carbocycles. The molecule has 0 bridgehead atoms. The number of unbranched alkanes of at least 4 members (excludes halogenated alkanes) is 4. The topological polar surface area (TPSA) is 75.6 Å². The van der Waals surface area contributed by atoms with Crippen LogP contribution in [-0.4, -0.2) is 29.8 Å². The lowest BCUT2D eigenvalue weighted by atomic mass is 9.85. The maximum absolute atomic E-state index is 11.7. The summed E-state index contributed by atoms with van der Waals surface area (Å²) < 4.78 is 5.08. The molecule has 1 rings (SSSR count). The van der Waals surface area contributed by atoms with Crippen LogP contribution in [0.4, 0.5) is 4.79 Å². The quantitative estimate of drug-likeness (QED) is 0.595. The smallest absolute Gasteiger partial charge is 0.407 e. The summed E-state index contributed by atoms with van der Waals surface area (Å²) in [5.74, 6) is -0.560. The Kier molecular flexibility index (Phi) is 9.67. The van der Waals surface area contributed by atoms with Crippen LogP contribution >= 0.6 is 0 Å². The predicted octanol–water partition coefficient (Wildman–Crippen LogP) is 4.11. The van der Waals surface area contributed by atoms with Crippen molar-refractivity contribution >= 4 is 12.1 Å². The molecule has 2 N–H and O–H groups in total. The number of ether oxygens (including phenoxy) is 1. The van der Waals surface area contributed by atoms with Crippen molar-refractivity contribution in [2.75, 3.05) is 6.61 Å². The molecule has 1 atom stereocenters. The number of carbonyl (C=O) groups is 2. The average Bonchev–Trinajstić information content (AvgIpc) is 2.51. The fourth-order valence-corrected chi connectivity index (χ4v) is 3.03. The summed E-state index contributed by atoms with van der Waals surface area (Å²) >= 11 is 0. The highest BCUT2D eigenvalue weighted by atomic mass is 16.5.